The number of benzene rings is 1. The van der Waals surface area contributed by atoms with Crippen molar-refractivity contribution in [1.82, 2.24) is 4.90 Å². The lowest BCUT2D eigenvalue weighted by Crippen LogP contribution is -2.29. The van der Waals surface area contributed by atoms with Gasteiger partial charge in [-0.2, -0.15) is 0 Å². The van der Waals surface area contributed by atoms with E-state index in [9.17, 15) is 0 Å². The SMILES string of the molecule is CCc1ccc(C(CN)N(C)Cc2ccccc2C)s1. The summed E-state index contributed by atoms with van der Waals surface area (Å²) in [6.45, 7) is 5.96. The molecule has 3 heteroatoms. The first-order valence-electron chi connectivity index (χ1n) is 7.19. The summed E-state index contributed by atoms with van der Waals surface area (Å²) in [6, 6.07) is 13.3. The van der Waals surface area contributed by atoms with Gasteiger partial charge in [-0.1, -0.05) is 31.2 Å². The number of hydrogen-bond donors (Lipinski definition) is 1. The Morgan fingerprint density at radius 2 is 1.95 bits per heavy atom. The van der Waals surface area contributed by atoms with E-state index in [1.54, 1.807) is 0 Å². The van der Waals surface area contributed by atoms with Gasteiger partial charge in [-0.05, 0) is 43.7 Å². The first kappa shape index (κ1) is 15.2. The molecule has 0 radical (unpaired) electrons. The quantitative estimate of drug-likeness (QED) is 0.877. The maximum absolute atomic E-state index is 6.01. The van der Waals surface area contributed by atoms with Crippen LogP contribution in [0.15, 0.2) is 36.4 Å². The molecule has 1 heterocycles. The summed E-state index contributed by atoms with van der Waals surface area (Å²) >= 11 is 1.89. The second kappa shape index (κ2) is 7.02. The average Bonchev–Trinajstić information content (AvgIpc) is 2.91. The van der Waals surface area contributed by atoms with Crippen LogP contribution in [0.2, 0.25) is 0 Å². The molecule has 0 saturated heterocycles. The third-order valence-corrected chi connectivity index (χ3v) is 5.13. The lowest BCUT2D eigenvalue weighted by molar-refractivity contribution is 0.244. The first-order chi connectivity index (χ1) is 9.65. The van der Waals surface area contributed by atoms with Crippen molar-refractivity contribution in [3.8, 4) is 0 Å². The monoisotopic (exact) mass is 288 g/mol. The van der Waals surface area contributed by atoms with E-state index in [2.05, 4.69) is 62.2 Å². The molecule has 0 aliphatic rings. The third kappa shape index (κ3) is 3.48. The van der Waals surface area contributed by atoms with Gasteiger partial charge in [0.2, 0.25) is 0 Å². The Hall–Kier alpha value is -1.16. The van der Waals surface area contributed by atoms with E-state index in [4.69, 9.17) is 5.73 Å². The van der Waals surface area contributed by atoms with Gasteiger partial charge in [-0.3, -0.25) is 4.90 Å². The first-order valence-corrected chi connectivity index (χ1v) is 8.00. The minimum absolute atomic E-state index is 0.305. The Morgan fingerprint density at radius 3 is 2.55 bits per heavy atom. The van der Waals surface area contributed by atoms with Crippen LogP contribution in [0.4, 0.5) is 0 Å². The standard InChI is InChI=1S/C17H24N2S/c1-4-15-9-10-17(20-15)16(11-18)19(3)12-14-8-6-5-7-13(14)2/h5-10,16H,4,11-12,18H2,1-3H3. The molecular weight excluding hydrogens is 264 g/mol. The van der Waals surface area contributed by atoms with Gasteiger partial charge in [0.25, 0.3) is 0 Å². The molecule has 0 aliphatic heterocycles. The van der Waals surface area contributed by atoms with Gasteiger partial charge in [0, 0.05) is 22.8 Å². The Kier molecular flexibility index (Phi) is 5.35. The average molecular weight is 288 g/mol. The van der Waals surface area contributed by atoms with Gasteiger partial charge >= 0.3 is 0 Å². The zero-order chi connectivity index (χ0) is 14.5. The molecule has 20 heavy (non-hydrogen) atoms. The minimum Gasteiger partial charge on any atom is -0.329 e. The highest BCUT2D eigenvalue weighted by molar-refractivity contribution is 7.12. The van der Waals surface area contributed by atoms with Crippen molar-refractivity contribution >= 4 is 11.3 Å². The summed E-state index contributed by atoms with van der Waals surface area (Å²) in [7, 11) is 2.16. The van der Waals surface area contributed by atoms with E-state index in [1.807, 2.05) is 11.3 Å². The fraction of sp³-hybridized carbons (Fsp3) is 0.412. The smallest absolute Gasteiger partial charge is 0.0564 e. The van der Waals surface area contributed by atoms with Crippen molar-refractivity contribution in [1.29, 1.82) is 0 Å². The number of thiophene rings is 1. The number of nitrogens with zero attached hydrogens (tertiary/aromatic N) is 1. The summed E-state index contributed by atoms with van der Waals surface area (Å²) in [5, 5.41) is 0. The van der Waals surface area contributed by atoms with Crippen LogP contribution >= 0.6 is 11.3 Å². The van der Waals surface area contributed by atoms with E-state index in [0.717, 1.165) is 13.0 Å². The topological polar surface area (TPSA) is 29.3 Å². The molecule has 1 aromatic carbocycles. The highest BCUT2D eigenvalue weighted by atomic mass is 32.1. The van der Waals surface area contributed by atoms with E-state index < -0.39 is 0 Å². The molecule has 2 nitrogen and oxygen atoms in total. The predicted octanol–water partition coefficient (Wildman–Crippen LogP) is 3.75. The number of hydrogen-bond acceptors (Lipinski definition) is 3. The van der Waals surface area contributed by atoms with Crippen molar-refractivity contribution in [2.75, 3.05) is 13.6 Å². The Balaban J connectivity index is 2.13. The molecule has 0 bridgehead atoms. The van der Waals surface area contributed by atoms with Crippen LogP contribution in [0.1, 0.15) is 33.8 Å². The van der Waals surface area contributed by atoms with E-state index in [1.165, 1.54) is 20.9 Å². The number of rotatable bonds is 6. The van der Waals surface area contributed by atoms with Crippen LogP contribution in [0.5, 0.6) is 0 Å². The van der Waals surface area contributed by atoms with Gasteiger partial charge in [0.05, 0.1) is 6.04 Å². The molecule has 0 spiro atoms. The molecule has 0 amide bonds. The molecule has 2 rings (SSSR count). The normalized spacial score (nSPS) is 12.8. The number of likely N-dealkylation sites (N-methyl/N-ethyl adjacent to an activating group) is 1. The number of nitrogens with two attached hydrogens (primary N) is 1. The van der Waals surface area contributed by atoms with Crippen molar-refractivity contribution in [2.24, 2.45) is 5.73 Å². The van der Waals surface area contributed by atoms with Gasteiger partial charge in [0.1, 0.15) is 0 Å². The molecule has 0 fully saturated rings. The second-order valence-corrected chi connectivity index (χ2v) is 6.45. The molecule has 2 aromatic rings. The Morgan fingerprint density at radius 1 is 1.20 bits per heavy atom. The van der Waals surface area contributed by atoms with Crippen molar-refractivity contribution < 1.29 is 0 Å². The second-order valence-electron chi connectivity index (χ2n) is 5.25. The highest BCUT2D eigenvalue weighted by Crippen LogP contribution is 2.28. The zero-order valence-electron chi connectivity index (χ0n) is 12.6. The van der Waals surface area contributed by atoms with E-state index in [0.29, 0.717) is 12.6 Å². The van der Waals surface area contributed by atoms with Crippen LogP contribution in [-0.2, 0) is 13.0 Å². The molecular formula is C17H24N2S. The van der Waals surface area contributed by atoms with Gasteiger partial charge in [-0.25, -0.2) is 0 Å². The maximum Gasteiger partial charge on any atom is 0.0564 e. The molecule has 0 saturated carbocycles. The number of aryl methyl sites for hydroxylation is 2. The third-order valence-electron chi connectivity index (χ3n) is 3.80. The lowest BCUT2D eigenvalue weighted by Gasteiger charge is -2.26. The summed E-state index contributed by atoms with van der Waals surface area (Å²) in [6.07, 6.45) is 1.10. The van der Waals surface area contributed by atoms with Gasteiger partial charge in [-0.15, -0.1) is 11.3 Å². The van der Waals surface area contributed by atoms with Crippen LogP contribution in [0.3, 0.4) is 0 Å². The van der Waals surface area contributed by atoms with Gasteiger partial charge < -0.3 is 5.73 Å². The summed E-state index contributed by atoms with van der Waals surface area (Å²) in [5.74, 6) is 0. The maximum atomic E-state index is 6.01. The van der Waals surface area contributed by atoms with Crippen LogP contribution in [-0.4, -0.2) is 18.5 Å². The predicted molar refractivity (Wildman–Crippen MR) is 88.1 cm³/mol. The Labute approximate surface area is 126 Å². The van der Waals surface area contributed by atoms with Crippen LogP contribution < -0.4 is 5.73 Å². The Bertz CT molecular complexity index is 547. The summed E-state index contributed by atoms with van der Waals surface area (Å²) in [4.78, 5) is 5.16. The van der Waals surface area contributed by atoms with Gasteiger partial charge in [0.15, 0.2) is 0 Å². The fourth-order valence-electron chi connectivity index (χ4n) is 2.44. The van der Waals surface area contributed by atoms with Crippen molar-refractivity contribution in [2.45, 2.75) is 32.9 Å². The van der Waals surface area contributed by atoms with Crippen molar-refractivity contribution in [3.63, 3.8) is 0 Å². The lowest BCUT2D eigenvalue weighted by atomic mass is 10.1. The summed E-state index contributed by atoms with van der Waals surface area (Å²) in [5.41, 5.74) is 8.73. The molecule has 0 aliphatic carbocycles. The summed E-state index contributed by atoms with van der Waals surface area (Å²) < 4.78 is 0. The fourth-order valence-corrected chi connectivity index (χ4v) is 3.57. The molecule has 1 aromatic heterocycles. The largest absolute Gasteiger partial charge is 0.329 e. The molecule has 1 atom stereocenters. The zero-order valence-corrected chi connectivity index (χ0v) is 13.4. The van der Waals surface area contributed by atoms with Crippen LogP contribution in [0.25, 0.3) is 0 Å². The van der Waals surface area contributed by atoms with E-state index >= 15 is 0 Å². The minimum atomic E-state index is 0.305. The molecule has 2 N–H and O–H groups in total. The molecule has 108 valence electrons. The molecule has 1 unspecified atom stereocenters. The van der Waals surface area contributed by atoms with Crippen molar-refractivity contribution in [3.05, 3.63) is 57.3 Å². The van der Waals surface area contributed by atoms with E-state index in [-0.39, 0.29) is 0 Å². The van der Waals surface area contributed by atoms with Crippen LogP contribution in [0, 0.1) is 6.92 Å². The highest BCUT2D eigenvalue weighted by Gasteiger charge is 2.18.